The third kappa shape index (κ3) is 3.37. The SMILES string of the molecule is O=S1(=O)CCN(S(=O)(=O)c2cnn(CCCO)c2)CC1. The van der Waals surface area contributed by atoms with Crippen LogP contribution in [-0.4, -0.2) is 67.2 Å². The maximum Gasteiger partial charge on any atom is 0.246 e. The van der Waals surface area contributed by atoms with E-state index in [-0.39, 0.29) is 36.1 Å². The molecule has 2 rings (SSSR count). The Labute approximate surface area is 118 Å². The number of aryl methyl sites for hydroxylation is 1. The molecule has 1 aliphatic heterocycles. The van der Waals surface area contributed by atoms with Gasteiger partial charge in [0.2, 0.25) is 10.0 Å². The summed E-state index contributed by atoms with van der Waals surface area (Å²) in [5, 5.41) is 12.6. The second-order valence-electron chi connectivity index (χ2n) is 4.57. The van der Waals surface area contributed by atoms with E-state index in [9.17, 15) is 16.8 Å². The van der Waals surface area contributed by atoms with Crippen molar-refractivity contribution in [2.45, 2.75) is 17.9 Å². The van der Waals surface area contributed by atoms with Crippen LogP contribution < -0.4 is 0 Å². The molecule has 2 heterocycles. The summed E-state index contributed by atoms with van der Waals surface area (Å²) >= 11 is 0. The Kier molecular flexibility index (Phi) is 4.47. The Morgan fingerprint density at radius 2 is 1.95 bits per heavy atom. The summed E-state index contributed by atoms with van der Waals surface area (Å²) in [6, 6.07) is 0. The number of aliphatic hydroxyl groups excluding tert-OH is 1. The molecule has 0 saturated carbocycles. The third-order valence-corrected chi connectivity index (χ3v) is 6.56. The molecule has 0 spiro atoms. The molecule has 0 atom stereocenters. The minimum absolute atomic E-state index is 0.00588. The number of hydrogen-bond acceptors (Lipinski definition) is 6. The lowest BCUT2D eigenvalue weighted by Gasteiger charge is -2.25. The van der Waals surface area contributed by atoms with Gasteiger partial charge in [-0.1, -0.05) is 0 Å². The second-order valence-corrected chi connectivity index (χ2v) is 8.81. The number of aromatic nitrogens is 2. The summed E-state index contributed by atoms with van der Waals surface area (Å²) < 4.78 is 49.9. The summed E-state index contributed by atoms with van der Waals surface area (Å²) in [6.45, 7) is 0.394. The van der Waals surface area contributed by atoms with Crippen LogP contribution in [0.15, 0.2) is 17.3 Å². The summed E-state index contributed by atoms with van der Waals surface area (Å²) in [5.41, 5.74) is 0. The first kappa shape index (κ1) is 15.4. The van der Waals surface area contributed by atoms with Gasteiger partial charge < -0.3 is 5.11 Å². The largest absolute Gasteiger partial charge is 0.396 e. The molecule has 10 heteroatoms. The molecule has 1 fully saturated rings. The van der Waals surface area contributed by atoms with Crippen LogP contribution in [0.4, 0.5) is 0 Å². The fourth-order valence-corrected chi connectivity index (χ4v) is 4.75. The maximum atomic E-state index is 12.3. The van der Waals surface area contributed by atoms with Gasteiger partial charge in [0.15, 0.2) is 9.84 Å². The lowest BCUT2D eigenvalue weighted by atomic mass is 10.5. The summed E-state index contributed by atoms with van der Waals surface area (Å²) in [7, 11) is -6.81. The van der Waals surface area contributed by atoms with Gasteiger partial charge in [-0.15, -0.1) is 0 Å². The Hall–Kier alpha value is -0.970. The van der Waals surface area contributed by atoms with E-state index in [4.69, 9.17) is 5.11 Å². The predicted octanol–water partition coefficient (Wildman–Crippen LogP) is -1.32. The molecule has 0 amide bonds. The van der Waals surface area contributed by atoms with Gasteiger partial charge in [0.1, 0.15) is 4.90 Å². The van der Waals surface area contributed by atoms with Gasteiger partial charge in [0.25, 0.3) is 0 Å². The van der Waals surface area contributed by atoms with Crippen molar-refractivity contribution in [2.75, 3.05) is 31.2 Å². The normalized spacial score (nSPS) is 20.1. The van der Waals surface area contributed by atoms with E-state index >= 15 is 0 Å². The Balaban J connectivity index is 2.12. The van der Waals surface area contributed by atoms with E-state index in [1.165, 1.54) is 21.4 Å². The van der Waals surface area contributed by atoms with Crippen LogP contribution in [0.1, 0.15) is 6.42 Å². The van der Waals surface area contributed by atoms with Crippen molar-refractivity contribution < 1.29 is 21.9 Å². The molecule has 1 aromatic heterocycles. The Bertz CT molecular complexity index is 651. The molecule has 1 aromatic rings. The van der Waals surface area contributed by atoms with Crippen LogP contribution in [-0.2, 0) is 26.4 Å². The molecule has 1 saturated heterocycles. The molecule has 1 N–H and O–H groups in total. The number of aliphatic hydroxyl groups is 1. The maximum absolute atomic E-state index is 12.3. The first-order valence-corrected chi connectivity index (χ1v) is 9.45. The van der Waals surface area contributed by atoms with Gasteiger partial charge in [0.05, 0.1) is 17.7 Å². The first-order valence-electron chi connectivity index (χ1n) is 6.19. The molecule has 0 radical (unpaired) electrons. The zero-order chi connectivity index (χ0) is 14.8. The van der Waals surface area contributed by atoms with Gasteiger partial charge in [-0.05, 0) is 6.42 Å². The van der Waals surface area contributed by atoms with Crippen molar-refractivity contribution in [1.29, 1.82) is 0 Å². The van der Waals surface area contributed by atoms with Crippen molar-refractivity contribution in [3.8, 4) is 0 Å². The fourth-order valence-electron chi connectivity index (χ4n) is 1.92. The Morgan fingerprint density at radius 3 is 2.55 bits per heavy atom. The van der Waals surface area contributed by atoms with Crippen molar-refractivity contribution in [3.63, 3.8) is 0 Å². The van der Waals surface area contributed by atoms with Crippen LogP contribution in [0.5, 0.6) is 0 Å². The molecule has 0 aromatic carbocycles. The van der Waals surface area contributed by atoms with Crippen LogP contribution in [0.25, 0.3) is 0 Å². The minimum Gasteiger partial charge on any atom is -0.396 e. The molecule has 114 valence electrons. The fraction of sp³-hybridized carbons (Fsp3) is 0.700. The van der Waals surface area contributed by atoms with Gasteiger partial charge in [-0.3, -0.25) is 4.68 Å². The highest BCUT2D eigenvalue weighted by Gasteiger charge is 2.31. The van der Waals surface area contributed by atoms with Crippen LogP contribution >= 0.6 is 0 Å². The van der Waals surface area contributed by atoms with E-state index in [0.29, 0.717) is 13.0 Å². The molecule has 0 unspecified atom stereocenters. The second kappa shape index (κ2) is 5.80. The molecule has 0 aliphatic carbocycles. The van der Waals surface area contributed by atoms with E-state index < -0.39 is 19.9 Å². The summed E-state index contributed by atoms with van der Waals surface area (Å²) in [4.78, 5) is 0.0507. The molecule has 8 nitrogen and oxygen atoms in total. The number of nitrogens with zero attached hydrogens (tertiary/aromatic N) is 3. The van der Waals surface area contributed by atoms with E-state index in [1.807, 2.05) is 0 Å². The predicted molar refractivity (Wildman–Crippen MR) is 71.3 cm³/mol. The smallest absolute Gasteiger partial charge is 0.246 e. The van der Waals surface area contributed by atoms with Crippen molar-refractivity contribution in [3.05, 3.63) is 12.4 Å². The highest BCUT2D eigenvalue weighted by Crippen LogP contribution is 2.17. The zero-order valence-corrected chi connectivity index (χ0v) is 12.5. The minimum atomic E-state index is -3.69. The average Bonchev–Trinajstić information content (AvgIpc) is 2.85. The van der Waals surface area contributed by atoms with E-state index in [0.717, 1.165) is 0 Å². The summed E-state index contributed by atoms with van der Waals surface area (Å²) in [6.07, 6.45) is 3.13. The monoisotopic (exact) mass is 323 g/mol. The highest BCUT2D eigenvalue weighted by molar-refractivity contribution is 7.92. The first-order chi connectivity index (χ1) is 9.35. The van der Waals surface area contributed by atoms with Crippen molar-refractivity contribution >= 4 is 19.9 Å². The summed E-state index contributed by atoms with van der Waals surface area (Å²) in [5.74, 6) is -0.296. The molecule has 1 aliphatic rings. The number of rotatable bonds is 5. The zero-order valence-electron chi connectivity index (χ0n) is 10.8. The molecular formula is C10H17N3O5S2. The third-order valence-electron chi connectivity index (χ3n) is 3.10. The van der Waals surface area contributed by atoms with Crippen LogP contribution in [0.2, 0.25) is 0 Å². The highest BCUT2D eigenvalue weighted by atomic mass is 32.2. The van der Waals surface area contributed by atoms with Crippen LogP contribution in [0.3, 0.4) is 0 Å². The van der Waals surface area contributed by atoms with Crippen LogP contribution in [0, 0.1) is 0 Å². The lowest BCUT2D eigenvalue weighted by molar-refractivity contribution is 0.277. The average molecular weight is 323 g/mol. The van der Waals surface area contributed by atoms with E-state index in [2.05, 4.69) is 5.10 Å². The standard InChI is InChI=1S/C10H17N3O5S2/c14-5-1-2-12-9-10(8-11-12)20(17,18)13-3-6-19(15,16)7-4-13/h8-9,14H,1-7H2. The Morgan fingerprint density at radius 1 is 1.30 bits per heavy atom. The van der Waals surface area contributed by atoms with Gasteiger partial charge in [0, 0.05) is 32.4 Å². The molecular weight excluding hydrogens is 306 g/mol. The molecule has 0 bridgehead atoms. The van der Waals surface area contributed by atoms with Crippen molar-refractivity contribution in [2.24, 2.45) is 0 Å². The van der Waals surface area contributed by atoms with Gasteiger partial charge in [-0.2, -0.15) is 9.40 Å². The molecule has 20 heavy (non-hydrogen) atoms. The van der Waals surface area contributed by atoms with E-state index in [1.54, 1.807) is 0 Å². The van der Waals surface area contributed by atoms with Crippen molar-refractivity contribution in [1.82, 2.24) is 14.1 Å². The lowest BCUT2D eigenvalue weighted by Crippen LogP contribution is -2.43. The number of sulfonamides is 1. The quantitative estimate of drug-likeness (QED) is 0.720. The number of sulfone groups is 1. The topological polar surface area (TPSA) is 110 Å². The number of hydrogen-bond donors (Lipinski definition) is 1. The van der Waals surface area contributed by atoms with Gasteiger partial charge in [-0.25, -0.2) is 16.8 Å². The van der Waals surface area contributed by atoms with Gasteiger partial charge >= 0.3 is 0 Å².